The Morgan fingerprint density at radius 1 is 0.511 bits per heavy atom. The summed E-state index contributed by atoms with van der Waals surface area (Å²) in [5.74, 6) is 0.524. The number of rotatable bonds is 36. The first-order chi connectivity index (χ1) is 23.1. The summed E-state index contributed by atoms with van der Waals surface area (Å²) in [5.41, 5.74) is 0. The maximum Gasteiger partial charge on any atom is 0.305 e. The van der Waals surface area contributed by atoms with Crippen molar-refractivity contribution in [2.45, 2.75) is 194 Å². The zero-order valence-electron chi connectivity index (χ0n) is 32.2. The Morgan fingerprint density at radius 2 is 0.894 bits per heavy atom. The van der Waals surface area contributed by atoms with Gasteiger partial charge in [-0.15, -0.1) is 0 Å². The topological polar surface area (TPSA) is 29.5 Å². The van der Waals surface area contributed by atoms with Gasteiger partial charge in [0.25, 0.3) is 0 Å². The van der Waals surface area contributed by atoms with E-state index >= 15 is 0 Å². The summed E-state index contributed by atoms with van der Waals surface area (Å²) in [6, 6.07) is 0. The summed E-state index contributed by atoms with van der Waals surface area (Å²) in [4.78, 5) is 14.5. The number of carbonyl (C=O) groups is 1. The molecule has 0 saturated carbocycles. The lowest BCUT2D eigenvalue weighted by molar-refractivity contribution is -0.145. The smallest absolute Gasteiger partial charge is 0.305 e. The molecule has 0 heterocycles. The van der Waals surface area contributed by atoms with Crippen LogP contribution < -0.4 is 0 Å². The SMILES string of the molecule is CCCCCC=CCC=CCCCCCCCCC(CCCCCCCCC=CCC=CCCCCC)COC(=O)CCCN(C)C. The van der Waals surface area contributed by atoms with Crippen molar-refractivity contribution in [3.8, 4) is 0 Å². The van der Waals surface area contributed by atoms with Gasteiger partial charge in [-0.05, 0) is 110 Å². The van der Waals surface area contributed by atoms with Crippen molar-refractivity contribution < 1.29 is 9.53 Å². The van der Waals surface area contributed by atoms with E-state index in [1.165, 1.54) is 154 Å². The van der Waals surface area contributed by atoms with Crippen molar-refractivity contribution in [2.24, 2.45) is 5.92 Å². The normalized spacial score (nSPS) is 13.0. The summed E-state index contributed by atoms with van der Waals surface area (Å²) in [5, 5.41) is 0. The molecular formula is C44H81NO2. The molecule has 0 spiro atoms. The van der Waals surface area contributed by atoms with Crippen LogP contribution in [0.1, 0.15) is 194 Å². The Hall–Kier alpha value is -1.61. The first kappa shape index (κ1) is 45.4. The van der Waals surface area contributed by atoms with Gasteiger partial charge in [-0.2, -0.15) is 0 Å². The quantitative estimate of drug-likeness (QED) is 0.0382. The van der Waals surface area contributed by atoms with Crippen LogP contribution in [-0.2, 0) is 9.53 Å². The van der Waals surface area contributed by atoms with Crippen molar-refractivity contribution >= 4 is 5.97 Å². The predicted molar refractivity (Wildman–Crippen MR) is 210 cm³/mol. The average molecular weight is 656 g/mol. The Bertz CT molecular complexity index is 702. The number of ether oxygens (including phenoxy) is 1. The van der Waals surface area contributed by atoms with Crippen molar-refractivity contribution in [3.05, 3.63) is 48.6 Å². The molecule has 0 aliphatic rings. The van der Waals surface area contributed by atoms with E-state index in [1.54, 1.807) is 0 Å². The van der Waals surface area contributed by atoms with Gasteiger partial charge in [0.05, 0.1) is 6.61 Å². The summed E-state index contributed by atoms with van der Waals surface area (Å²) in [6.45, 7) is 6.10. The highest BCUT2D eigenvalue weighted by Gasteiger charge is 2.12. The first-order valence-electron chi connectivity index (χ1n) is 20.5. The van der Waals surface area contributed by atoms with Crippen LogP contribution in [0, 0.1) is 5.92 Å². The first-order valence-corrected chi connectivity index (χ1v) is 20.5. The van der Waals surface area contributed by atoms with Crippen molar-refractivity contribution in [3.63, 3.8) is 0 Å². The number of hydrogen-bond acceptors (Lipinski definition) is 3. The van der Waals surface area contributed by atoms with Gasteiger partial charge in [0.15, 0.2) is 0 Å². The number of nitrogens with zero attached hydrogens (tertiary/aromatic N) is 1. The minimum Gasteiger partial charge on any atom is -0.465 e. The fraction of sp³-hybridized carbons (Fsp3) is 0.795. The second kappa shape index (κ2) is 38.8. The lowest BCUT2D eigenvalue weighted by Crippen LogP contribution is -2.17. The molecule has 0 radical (unpaired) electrons. The molecule has 0 saturated heterocycles. The number of esters is 1. The van der Waals surface area contributed by atoms with Gasteiger partial charge in [0, 0.05) is 6.42 Å². The van der Waals surface area contributed by atoms with Crippen LogP contribution in [0.2, 0.25) is 0 Å². The van der Waals surface area contributed by atoms with Crippen LogP contribution in [0.25, 0.3) is 0 Å². The predicted octanol–water partition coefficient (Wildman–Crippen LogP) is 13.9. The van der Waals surface area contributed by atoms with Gasteiger partial charge in [-0.3, -0.25) is 4.79 Å². The molecule has 0 aliphatic heterocycles. The molecule has 0 amide bonds. The second-order valence-electron chi connectivity index (χ2n) is 14.2. The summed E-state index contributed by atoms with van der Waals surface area (Å²) < 4.78 is 5.77. The Balaban J connectivity index is 4.05. The van der Waals surface area contributed by atoms with Gasteiger partial charge >= 0.3 is 5.97 Å². The zero-order chi connectivity index (χ0) is 34.3. The van der Waals surface area contributed by atoms with Crippen molar-refractivity contribution in [2.75, 3.05) is 27.2 Å². The minimum absolute atomic E-state index is 0.00839. The minimum atomic E-state index is -0.00839. The molecule has 0 aliphatic carbocycles. The molecular weight excluding hydrogens is 574 g/mol. The van der Waals surface area contributed by atoms with Crippen LogP contribution in [0.5, 0.6) is 0 Å². The molecule has 0 N–H and O–H groups in total. The highest BCUT2D eigenvalue weighted by atomic mass is 16.5. The van der Waals surface area contributed by atoms with E-state index in [2.05, 4.69) is 81.5 Å². The zero-order valence-corrected chi connectivity index (χ0v) is 32.2. The Kier molecular flexibility index (Phi) is 37.5. The van der Waals surface area contributed by atoms with E-state index in [1.807, 2.05) is 0 Å². The van der Waals surface area contributed by atoms with E-state index in [0.29, 0.717) is 18.9 Å². The molecule has 0 atom stereocenters. The van der Waals surface area contributed by atoms with E-state index in [9.17, 15) is 4.79 Å². The molecule has 0 fully saturated rings. The Labute approximate surface area is 295 Å². The molecule has 0 bridgehead atoms. The van der Waals surface area contributed by atoms with Gasteiger partial charge in [-0.25, -0.2) is 0 Å². The third-order valence-electron chi connectivity index (χ3n) is 9.09. The fourth-order valence-corrected chi connectivity index (χ4v) is 5.98. The lowest BCUT2D eigenvalue weighted by Gasteiger charge is -2.17. The molecule has 0 unspecified atom stereocenters. The highest BCUT2D eigenvalue weighted by molar-refractivity contribution is 5.69. The standard InChI is InChI=1S/C44H81NO2/c1-5-7-9-11-13-15-17-19-21-23-25-27-29-31-33-35-38-43(42-47-44(46)40-37-41-45(3)4)39-36-34-32-30-28-26-24-22-20-18-16-14-12-10-8-6-2/h13-16,19-22,43H,5-12,17-18,23-42H2,1-4H3. The largest absolute Gasteiger partial charge is 0.465 e. The average Bonchev–Trinajstić information content (AvgIpc) is 3.06. The van der Waals surface area contributed by atoms with Crippen molar-refractivity contribution in [1.82, 2.24) is 4.90 Å². The molecule has 0 aromatic carbocycles. The number of unbranched alkanes of at least 4 members (excludes halogenated alkanes) is 18. The molecule has 0 rings (SSSR count). The second-order valence-corrected chi connectivity index (χ2v) is 14.2. The van der Waals surface area contributed by atoms with E-state index in [-0.39, 0.29) is 5.97 Å². The van der Waals surface area contributed by atoms with Crippen LogP contribution in [0.15, 0.2) is 48.6 Å². The monoisotopic (exact) mass is 656 g/mol. The van der Waals surface area contributed by atoms with Crippen molar-refractivity contribution in [1.29, 1.82) is 0 Å². The number of allylic oxidation sites excluding steroid dienone is 8. The maximum atomic E-state index is 12.3. The van der Waals surface area contributed by atoms with Crippen LogP contribution >= 0.6 is 0 Å². The summed E-state index contributed by atoms with van der Waals surface area (Å²) >= 11 is 0. The van der Waals surface area contributed by atoms with Gasteiger partial charge < -0.3 is 9.64 Å². The fourth-order valence-electron chi connectivity index (χ4n) is 5.98. The highest BCUT2D eigenvalue weighted by Crippen LogP contribution is 2.20. The molecule has 0 aromatic heterocycles. The van der Waals surface area contributed by atoms with Gasteiger partial charge in [-0.1, -0.05) is 152 Å². The molecule has 274 valence electrons. The number of hydrogen-bond donors (Lipinski definition) is 0. The van der Waals surface area contributed by atoms with E-state index < -0.39 is 0 Å². The molecule has 3 nitrogen and oxygen atoms in total. The third-order valence-corrected chi connectivity index (χ3v) is 9.09. The van der Waals surface area contributed by atoms with Gasteiger partial charge in [0.2, 0.25) is 0 Å². The van der Waals surface area contributed by atoms with E-state index in [0.717, 1.165) is 25.8 Å². The van der Waals surface area contributed by atoms with E-state index in [4.69, 9.17) is 4.74 Å². The summed E-state index contributed by atoms with van der Waals surface area (Å²) in [6.07, 6.45) is 53.5. The molecule has 3 heteroatoms. The maximum absolute atomic E-state index is 12.3. The molecule has 47 heavy (non-hydrogen) atoms. The third kappa shape index (κ3) is 38.7. The van der Waals surface area contributed by atoms with Crippen LogP contribution in [0.4, 0.5) is 0 Å². The number of carbonyl (C=O) groups excluding carboxylic acids is 1. The van der Waals surface area contributed by atoms with Gasteiger partial charge in [0.1, 0.15) is 0 Å². The lowest BCUT2D eigenvalue weighted by atomic mass is 9.94. The molecule has 0 aromatic rings. The van der Waals surface area contributed by atoms with Crippen LogP contribution in [0.3, 0.4) is 0 Å². The Morgan fingerprint density at radius 3 is 1.30 bits per heavy atom. The summed E-state index contributed by atoms with van der Waals surface area (Å²) in [7, 11) is 4.11. The van der Waals surface area contributed by atoms with Crippen LogP contribution in [-0.4, -0.2) is 38.1 Å².